The number of anilines is 1. The Kier molecular flexibility index (Phi) is 5.89. The summed E-state index contributed by atoms with van der Waals surface area (Å²) >= 11 is 5.87. The van der Waals surface area contributed by atoms with Gasteiger partial charge in [0.05, 0.1) is 22.0 Å². The van der Waals surface area contributed by atoms with E-state index in [1.807, 2.05) is 4.90 Å². The van der Waals surface area contributed by atoms with Crippen molar-refractivity contribution in [3.8, 4) is 0 Å². The number of hydrogen-bond donors (Lipinski definition) is 3. The van der Waals surface area contributed by atoms with Crippen LogP contribution in [0.3, 0.4) is 0 Å². The van der Waals surface area contributed by atoms with E-state index in [2.05, 4.69) is 15.3 Å². The Balaban J connectivity index is 1.40. The van der Waals surface area contributed by atoms with Gasteiger partial charge in [-0.05, 0) is 49.4 Å². The molecule has 2 heterocycles. The molecule has 0 radical (unpaired) electrons. The molecule has 1 aliphatic heterocycles. The summed E-state index contributed by atoms with van der Waals surface area (Å²) in [6, 6.07) is 10.9. The Bertz CT molecular complexity index is 1260. The highest BCUT2D eigenvalue weighted by Gasteiger charge is 2.32. The molecule has 0 bridgehead atoms. The third-order valence-electron chi connectivity index (χ3n) is 5.44. The number of nitrogens with one attached hydrogen (secondary N) is 3. The van der Waals surface area contributed by atoms with Gasteiger partial charge in [-0.25, -0.2) is 13.2 Å². The Morgan fingerprint density at radius 2 is 1.68 bits per heavy atom. The highest BCUT2D eigenvalue weighted by molar-refractivity contribution is 7.89. The summed E-state index contributed by atoms with van der Waals surface area (Å²) in [6.45, 7) is 3.19. The predicted molar refractivity (Wildman–Crippen MR) is 119 cm³/mol. The molecule has 164 valence electrons. The highest BCUT2D eigenvalue weighted by atomic mass is 35.5. The maximum Gasteiger partial charge on any atom is 0.323 e. The van der Waals surface area contributed by atoms with Crippen LogP contribution < -0.4 is 11.0 Å². The normalized spacial score (nSPS) is 17.0. The first-order valence-electron chi connectivity index (χ1n) is 9.77. The summed E-state index contributed by atoms with van der Waals surface area (Å²) in [5.41, 5.74) is 1.26. The summed E-state index contributed by atoms with van der Waals surface area (Å²) in [5.74, 6) is -0.166. The van der Waals surface area contributed by atoms with E-state index in [0.717, 1.165) is 0 Å². The first-order chi connectivity index (χ1) is 14.7. The number of sulfonamides is 1. The van der Waals surface area contributed by atoms with Crippen molar-refractivity contribution in [3.63, 3.8) is 0 Å². The van der Waals surface area contributed by atoms with Crippen molar-refractivity contribution in [2.75, 3.05) is 31.5 Å². The number of H-pyrrole nitrogens is 2. The van der Waals surface area contributed by atoms with Crippen LogP contribution >= 0.6 is 11.6 Å². The second-order valence-corrected chi connectivity index (χ2v) is 9.77. The number of fused-ring (bicyclic) bond motifs is 1. The van der Waals surface area contributed by atoms with E-state index < -0.39 is 16.1 Å². The lowest BCUT2D eigenvalue weighted by atomic mass is 10.2. The lowest BCUT2D eigenvalue weighted by Gasteiger charge is -2.36. The largest absolute Gasteiger partial charge is 0.325 e. The molecular formula is C20H22ClN5O4S. The Labute approximate surface area is 184 Å². The van der Waals surface area contributed by atoms with Gasteiger partial charge in [0.15, 0.2) is 0 Å². The summed E-state index contributed by atoms with van der Waals surface area (Å²) in [6.07, 6.45) is 0. The van der Waals surface area contributed by atoms with Crippen LogP contribution in [-0.4, -0.2) is 65.7 Å². The van der Waals surface area contributed by atoms with Crippen LogP contribution in [0.2, 0.25) is 5.02 Å². The van der Waals surface area contributed by atoms with Crippen LogP contribution in [0, 0.1) is 0 Å². The number of rotatable bonds is 5. The van der Waals surface area contributed by atoms with Crippen LogP contribution in [0.15, 0.2) is 52.2 Å². The van der Waals surface area contributed by atoms with E-state index in [0.29, 0.717) is 34.8 Å². The lowest BCUT2D eigenvalue weighted by molar-refractivity contribution is -0.121. The maximum absolute atomic E-state index is 13.0. The Hall–Kier alpha value is -2.66. The summed E-state index contributed by atoms with van der Waals surface area (Å²) < 4.78 is 27.5. The van der Waals surface area contributed by atoms with E-state index >= 15 is 0 Å². The number of nitrogens with zero attached hydrogens (tertiary/aromatic N) is 2. The van der Waals surface area contributed by atoms with Crippen molar-refractivity contribution in [1.29, 1.82) is 0 Å². The molecular weight excluding hydrogens is 442 g/mol. The molecule has 1 aromatic heterocycles. The number of carbonyl (C=O) groups is 1. The first-order valence-corrected chi connectivity index (χ1v) is 11.6. The third-order valence-corrected chi connectivity index (χ3v) is 7.58. The van der Waals surface area contributed by atoms with Crippen molar-refractivity contribution in [2.45, 2.75) is 17.9 Å². The van der Waals surface area contributed by atoms with E-state index in [1.165, 1.54) is 16.4 Å². The average molecular weight is 464 g/mol. The van der Waals surface area contributed by atoms with Crippen LogP contribution in [-0.2, 0) is 14.8 Å². The number of benzene rings is 2. The second kappa shape index (κ2) is 8.46. The van der Waals surface area contributed by atoms with Gasteiger partial charge >= 0.3 is 5.69 Å². The fraction of sp³-hybridized carbons (Fsp3) is 0.300. The number of aromatic amines is 2. The first kappa shape index (κ1) is 21.6. The Morgan fingerprint density at radius 1 is 1.03 bits per heavy atom. The minimum absolute atomic E-state index is 0.122. The van der Waals surface area contributed by atoms with Gasteiger partial charge in [0.1, 0.15) is 0 Å². The molecule has 11 heteroatoms. The van der Waals surface area contributed by atoms with Crippen LogP contribution in [0.5, 0.6) is 0 Å². The van der Waals surface area contributed by atoms with Gasteiger partial charge in [-0.2, -0.15) is 4.31 Å². The molecule has 1 amide bonds. The fourth-order valence-electron chi connectivity index (χ4n) is 3.60. The minimum atomic E-state index is -3.71. The molecule has 0 spiro atoms. The number of imidazole rings is 1. The molecule has 0 saturated carbocycles. The van der Waals surface area contributed by atoms with Gasteiger partial charge in [-0.3, -0.25) is 9.69 Å². The van der Waals surface area contributed by atoms with Crippen LogP contribution in [0.25, 0.3) is 11.0 Å². The van der Waals surface area contributed by atoms with Gasteiger partial charge in [-0.1, -0.05) is 11.6 Å². The van der Waals surface area contributed by atoms with E-state index in [9.17, 15) is 18.0 Å². The number of amides is 1. The van der Waals surface area contributed by atoms with E-state index in [-0.39, 0.29) is 29.6 Å². The van der Waals surface area contributed by atoms with Gasteiger partial charge in [0.2, 0.25) is 15.9 Å². The van der Waals surface area contributed by atoms with E-state index in [1.54, 1.807) is 37.3 Å². The monoisotopic (exact) mass is 463 g/mol. The summed E-state index contributed by atoms with van der Waals surface area (Å²) in [5, 5.41) is 3.44. The molecule has 1 unspecified atom stereocenters. The number of piperazine rings is 1. The molecule has 31 heavy (non-hydrogen) atoms. The van der Waals surface area contributed by atoms with Crippen LogP contribution in [0.1, 0.15) is 6.92 Å². The maximum atomic E-state index is 13.0. The number of halogens is 1. The highest BCUT2D eigenvalue weighted by Crippen LogP contribution is 2.21. The van der Waals surface area contributed by atoms with Gasteiger partial charge in [0, 0.05) is 36.9 Å². The summed E-state index contributed by atoms with van der Waals surface area (Å²) in [4.78, 5) is 31.2. The average Bonchev–Trinajstić information content (AvgIpc) is 3.14. The van der Waals surface area contributed by atoms with E-state index in [4.69, 9.17) is 11.6 Å². The minimum Gasteiger partial charge on any atom is -0.325 e. The molecule has 1 aliphatic rings. The van der Waals surface area contributed by atoms with Crippen molar-refractivity contribution in [3.05, 3.63) is 58.0 Å². The summed E-state index contributed by atoms with van der Waals surface area (Å²) in [7, 11) is -3.71. The zero-order chi connectivity index (χ0) is 22.2. The van der Waals surface area contributed by atoms with Crippen molar-refractivity contribution in [2.24, 2.45) is 0 Å². The molecule has 4 rings (SSSR count). The van der Waals surface area contributed by atoms with Gasteiger partial charge in [-0.15, -0.1) is 0 Å². The zero-order valence-electron chi connectivity index (χ0n) is 16.8. The number of carbonyl (C=O) groups excluding carboxylic acids is 1. The number of hydrogen-bond acceptors (Lipinski definition) is 5. The zero-order valence-corrected chi connectivity index (χ0v) is 18.3. The molecule has 1 atom stereocenters. The lowest BCUT2D eigenvalue weighted by Crippen LogP contribution is -2.53. The molecule has 1 saturated heterocycles. The van der Waals surface area contributed by atoms with Crippen LogP contribution in [0.4, 0.5) is 5.69 Å². The Morgan fingerprint density at radius 3 is 2.35 bits per heavy atom. The third kappa shape index (κ3) is 4.52. The SMILES string of the molecule is CC(C(=O)Nc1ccc(Cl)cc1)N1CCN(S(=O)(=O)c2ccc3[nH]c(=O)[nH]c3c2)CC1. The molecule has 9 nitrogen and oxygen atoms in total. The number of aromatic nitrogens is 2. The molecule has 0 aliphatic carbocycles. The van der Waals surface area contributed by atoms with Crippen molar-refractivity contribution in [1.82, 2.24) is 19.2 Å². The predicted octanol–water partition coefficient (Wildman–Crippen LogP) is 1.84. The smallest absolute Gasteiger partial charge is 0.323 e. The fourth-order valence-corrected chi connectivity index (χ4v) is 5.17. The van der Waals surface area contributed by atoms with Crippen molar-refractivity contribution < 1.29 is 13.2 Å². The van der Waals surface area contributed by atoms with Gasteiger partial charge in [0.25, 0.3) is 0 Å². The molecule has 2 aromatic carbocycles. The van der Waals surface area contributed by atoms with Crippen molar-refractivity contribution >= 4 is 44.3 Å². The standard InChI is InChI=1S/C20H22ClN5O4S/c1-13(19(27)22-15-4-2-14(21)3-5-15)25-8-10-26(11-9-25)31(29,30)16-6-7-17-18(12-16)24-20(28)23-17/h2-7,12-13H,8-11H2,1H3,(H,22,27)(H2,23,24,28). The molecule has 3 N–H and O–H groups in total. The molecule has 1 fully saturated rings. The topological polar surface area (TPSA) is 118 Å². The quantitative estimate of drug-likeness (QED) is 0.533. The van der Waals surface area contributed by atoms with Gasteiger partial charge < -0.3 is 15.3 Å². The molecule has 3 aromatic rings. The second-order valence-electron chi connectivity index (χ2n) is 7.40.